The lowest BCUT2D eigenvalue weighted by Gasteiger charge is -2.10. The van der Waals surface area contributed by atoms with Crippen molar-refractivity contribution < 1.29 is 4.39 Å². The normalized spacial score (nSPS) is 11.0. The van der Waals surface area contributed by atoms with Crippen LogP contribution in [0.1, 0.15) is 11.4 Å². The summed E-state index contributed by atoms with van der Waals surface area (Å²) in [7, 11) is 0. The van der Waals surface area contributed by atoms with Gasteiger partial charge in [0.2, 0.25) is 0 Å². The summed E-state index contributed by atoms with van der Waals surface area (Å²) in [5, 5.41) is 4.92. The van der Waals surface area contributed by atoms with Crippen LogP contribution in [-0.4, -0.2) is 9.97 Å². The fourth-order valence-corrected chi connectivity index (χ4v) is 3.20. The first-order valence-corrected chi connectivity index (χ1v) is 7.88. The molecule has 0 atom stereocenters. The van der Waals surface area contributed by atoms with Crippen molar-refractivity contribution >= 4 is 43.2 Å². The number of aromatic amines is 1. The molecule has 0 aliphatic rings. The highest BCUT2D eigenvalue weighted by Gasteiger charge is 2.07. The number of hydrogen-bond donors (Lipinski definition) is 2. The molecule has 0 aliphatic carbocycles. The molecular weight excluding hydrogens is 357 g/mol. The van der Waals surface area contributed by atoms with Crippen molar-refractivity contribution in [3.8, 4) is 0 Å². The van der Waals surface area contributed by atoms with Gasteiger partial charge >= 0.3 is 0 Å². The van der Waals surface area contributed by atoms with Crippen molar-refractivity contribution in [2.45, 2.75) is 13.5 Å². The van der Waals surface area contributed by atoms with Gasteiger partial charge in [-0.25, -0.2) is 9.37 Å². The molecule has 1 aromatic carbocycles. The van der Waals surface area contributed by atoms with Crippen LogP contribution >= 0.6 is 27.3 Å². The second-order valence-corrected chi connectivity index (χ2v) is 6.35. The van der Waals surface area contributed by atoms with Gasteiger partial charge < -0.3 is 10.3 Å². The van der Waals surface area contributed by atoms with Gasteiger partial charge in [-0.1, -0.05) is 0 Å². The zero-order chi connectivity index (χ0) is 15.0. The number of nitrogens with one attached hydrogen (secondary N) is 2. The van der Waals surface area contributed by atoms with E-state index in [4.69, 9.17) is 0 Å². The number of rotatable bonds is 3. The molecule has 3 aromatic rings. The maximum absolute atomic E-state index is 13.6. The quantitative estimate of drug-likeness (QED) is 0.739. The van der Waals surface area contributed by atoms with Crippen molar-refractivity contribution in [1.29, 1.82) is 0 Å². The van der Waals surface area contributed by atoms with Crippen LogP contribution in [0.25, 0.3) is 10.2 Å². The molecule has 0 fully saturated rings. The Hall–Kier alpha value is -1.73. The zero-order valence-electron chi connectivity index (χ0n) is 11.0. The number of nitrogens with zero attached hydrogens (tertiary/aromatic N) is 1. The molecule has 0 spiro atoms. The molecular formula is C14H11BrFN3OS. The summed E-state index contributed by atoms with van der Waals surface area (Å²) in [6.45, 7) is 2.20. The zero-order valence-corrected chi connectivity index (χ0v) is 13.4. The van der Waals surface area contributed by atoms with Gasteiger partial charge in [-0.3, -0.25) is 4.79 Å². The molecule has 0 amide bonds. The maximum Gasteiger partial charge on any atom is 0.268 e. The standard InChI is InChI=1S/C14H11BrFN3OS/c1-7-4-8(15)9(16)5-11(7)17-6-12-18-10-2-3-21-13(10)14(20)19-12/h2-5,17H,6H2,1H3,(H,18,19,20). The van der Waals surface area contributed by atoms with E-state index in [1.165, 1.54) is 17.4 Å². The Morgan fingerprint density at radius 3 is 3.10 bits per heavy atom. The highest BCUT2D eigenvalue weighted by atomic mass is 79.9. The number of H-pyrrole nitrogens is 1. The molecule has 0 bridgehead atoms. The number of thiophene rings is 1. The lowest BCUT2D eigenvalue weighted by molar-refractivity contribution is 0.621. The van der Waals surface area contributed by atoms with Crippen molar-refractivity contribution in [1.82, 2.24) is 9.97 Å². The SMILES string of the molecule is Cc1cc(Br)c(F)cc1NCc1nc2ccsc2c(=O)[nH]1. The van der Waals surface area contributed by atoms with Crippen molar-refractivity contribution in [3.05, 3.63) is 55.6 Å². The Morgan fingerprint density at radius 1 is 1.48 bits per heavy atom. The molecule has 0 aliphatic heterocycles. The van der Waals surface area contributed by atoms with E-state index in [9.17, 15) is 9.18 Å². The number of benzene rings is 1. The van der Waals surface area contributed by atoms with E-state index in [1.54, 1.807) is 6.07 Å². The predicted molar refractivity (Wildman–Crippen MR) is 86.4 cm³/mol. The number of aromatic nitrogens is 2. The van der Waals surface area contributed by atoms with Crippen LogP contribution in [0.2, 0.25) is 0 Å². The van der Waals surface area contributed by atoms with Crippen molar-refractivity contribution in [3.63, 3.8) is 0 Å². The molecule has 2 aromatic heterocycles. The predicted octanol–water partition coefficient (Wildman–Crippen LogP) is 3.81. The average molecular weight is 368 g/mol. The Balaban J connectivity index is 1.86. The number of anilines is 1. The van der Waals surface area contributed by atoms with Gasteiger partial charge in [-0.15, -0.1) is 11.3 Å². The van der Waals surface area contributed by atoms with Crippen LogP contribution in [-0.2, 0) is 6.54 Å². The lowest BCUT2D eigenvalue weighted by Crippen LogP contribution is -2.13. The maximum atomic E-state index is 13.6. The van der Waals surface area contributed by atoms with Crippen molar-refractivity contribution in [2.75, 3.05) is 5.32 Å². The minimum absolute atomic E-state index is 0.148. The largest absolute Gasteiger partial charge is 0.378 e. The first kappa shape index (κ1) is 14.2. The molecule has 108 valence electrons. The molecule has 0 saturated heterocycles. The van der Waals surface area contributed by atoms with Gasteiger partial charge in [0.25, 0.3) is 5.56 Å². The van der Waals surface area contributed by atoms with Gasteiger partial charge in [0.1, 0.15) is 16.3 Å². The molecule has 3 rings (SSSR count). The van der Waals surface area contributed by atoms with Gasteiger partial charge in [-0.2, -0.15) is 0 Å². The number of aryl methyl sites for hydroxylation is 1. The summed E-state index contributed by atoms with van der Waals surface area (Å²) in [5.41, 5.74) is 2.11. The van der Waals surface area contributed by atoms with E-state index in [-0.39, 0.29) is 11.4 Å². The highest BCUT2D eigenvalue weighted by Crippen LogP contribution is 2.24. The third-order valence-electron chi connectivity index (χ3n) is 3.08. The summed E-state index contributed by atoms with van der Waals surface area (Å²) in [4.78, 5) is 19.0. The molecule has 21 heavy (non-hydrogen) atoms. The third-order valence-corrected chi connectivity index (χ3v) is 4.59. The van der Waals surface area contributed by atoms with E-state index >= 15 is 0 Å². The van der Waals surface area contributed by atoms with Crippen LogP contribution in [0.4, 0.5) is 10.1 Å². The van der Waals surface area contributed by atoms with Gasteiger partial charge in [0.15, 0.2) is 0 Å². The Kier molecular flexibility index (Phi) is 3.77. The third kappa shape index (κ3) is 2.84. The topological polar surface area (TPSA) is 57.8 Å². The van der Waals surface area contributed by atoms with Crippen LogP contribution in [0.5, 0.6) is 0 Å². The second-order valence-electron chi connectivity index (χ2n) is 4.58. The number of halogens is 2. The van der Waals surface area contributed by atoms with Gasteiger partial charge in [-0.05, 0) is 52.0 Å². The molecule has 4 nitrogen and oxygen atoms in total. The van der Waals surface area contributed by atoms with Crippen LogP contribution in [0.15, 0.2) is 32.8 Å². The summed E-state index contributed by atoms with van der Waals surface area (Å²) >= 11 is 4.51. The van der Waals surface area contributed by atoms with Crippen LogP contribution in [0.3, 0.4) is 0 Å². The fraction of sp³-hybridized carbons (Fsp3) is 0.143. The first-order chi connectivity index (χ1) is 10.0. The number of fused-ring (bicyclic) bond motifs is 1. The minimum Gasteiger partial charge on any atom is -0.378 e. The smallest absolute Gasteiger partial charge is 0.268 e. The summed E-state index contributed by atoms with van der Waals surface area (Å²) in [5.74, 6) is 0.187. The summed E-state index contributed by atoms with van der Waals surface area (Å²) < 4.78 is 14.6. The Bertz CT molecular complexity index is 874. The van der Waals surface area contributed by atoms with E-state index in [0.717, 1.165) is 5.56 Å². The first-order valence-electron chi connectivity index (χ1n) is 6.20. The lowest BCUT2D eigenvalue weighted by atomic mass is 10.2. The van der Waals surface area contributed by atoms with Gasteiger partial charge in [0.05, 0.1) is 16.5 Å². The van der Waals surface area contributed by atoms with E-state index < -0.39 is 0 Å². The van der Waals surface area contributed by atoms with Crippen molar-refractivity contribution in [2.24, 2.45) is 0 Å². The van der Waals surface area contributed by atoms with Crippen LogP contribution in [0, 0.1) is 12.7 Å². The van der Waals surface area contributed by atoms with E-state index in [0.29, 0.717) is 32.7 Å². The molecule has 0 saturated carbocycles. The molecule has 2 N–H and O–H groups in total. The Morgan fingerprint density at radius 2 is 2.29 bits per heavy atom. The molecule has 0 unspecified atom stereocenters. The monoisotopic (exact) mass is 367 g/mol. The van der Waals surface area contributed by atoms with E-state index in [2.05, 4.69) is 31.2 Å². The van der Waals surface area contributed by atoms with E-state index in [1.807, 2.05) is 18.4 Å². The molecule has 2 heterocycles. The Labute approximate surface area is 132 Å². The molecule has 0 radical (unpaired) electrons. The highest BCUT2D eigenvalue weighted by molar-refractivity contribution is 9.10. The van der Waals surface area contributed by atoms with Crippen LogP contribution < -0.4 is 10.9 Å². The van der Waals surface area contributed by atoms with Gasteiger partial charge in [0, 0.05) is 5.69 Å². The summed E-state index contributed by atoms with van der Waals surface area (Å²) in [6.07, 6.45) is 0. The second kappa shape index (κ2) is 5.57. The average Bonchev–Trinajstić information content (AvgIpc) is 2.90. The number of hydrogen-bond acceptors (Lipinski definition) is 4. The molecule has 7 heteroatoms. The minimum atomic E-state index is -0.335. The fourth-order valence-electron chi connectivity index (χ4n) is 2.02. The summed E-state index contributed by atoms with van der Waals surface area (Å²) in [6, 6.07) is 4.93.